The summed E-state index contributed by atoms with van der Waals surface area (Å²) in [6.45, 7) is 13.7. The minimum atomic E-state index is -2.67. The van der Waals surface area contributed by atoms with E-state index in [1.54, 1.807) is 39.8 Å². The topological polar surface area (TPSA) is 126 Å². The lowest BCUT2D eigenvalue weighted by molar-refractivity contribution is -0.205. The molecule has 0 radical (unpaired) electrons. The number of hydrogen-bond acceptors (Lipinski definition) is 7. The van der Waals surface area contributed by atoms with Crippen LogP contribution in [0.5, 0.6) is 5.75 Å². The van der Waals surface area contributed by atoms with Crippen molar-refractivity contribution in [3.8, 4) is 5.75 Å². The second-order valence-corrected chi connectivity index (χ2v) is 13.1. The summed E-state index contributed by atoms with van der Waals surface area (Å²) in [7, 11) is 0. The van der Waals surface area contributed by atoms with Gasteiger partial charge in [0, 0.05) is 11.3 Å². The second-order valence-electron chi connectivity index (χ2n) is 13.1. The molecule has 0 heterocycles. The average Bonchev–Trinajstić information content (AvgIpc) is 2.69. The van der Waals surface area contributed by atoms with Gasteiger partial charge in [-0.3, -0.25) is 24.0 Å². The number of aliphatic hydroxyl groups is 1. The largest absolute Gasteiger partial charge is 0.507 e. The molecule has 1 aromatic rings. The monoisotopic (exact) mass is 496 g/mol. The maximum atomic E-state index is 14.2. The lowest BCUT2D eigenvalue weighted by Crippen LogP contribution is -2.76. The first-order valence-electron chi connectivity index (χ1n) is 12.6. The van der Waals surface area contributed by atoms with Crippen LogP contribution in [-0.4, -0.2) is 44.7 Å². The van der Waals surface area contributed by atoms with Gasteiger partial charge in [-0.15, -0.1) is 0 Å². The van der Waals surface area contributed by atoms with E-state index in [1.807, 2.05) is 20.8 Å². The van der Waals surface area contributed by atoms with Crippen molar-refractivity contribution < 1.29 is 34.2 Å². The Morgan fingerprint density at radius 2 is 1.64 bits per heavy atom. The lowest BCUT2D eigenvalue weighted by Gasteiger charge is -2.61. The molecule has 0 bridgehead atoms. The van der Waals surface area contributed by atoms with E-state index < -0.39 is 68.5 Å². The van der Waals surface area contributed by atoms with Gasteiger partial charge in [0.1, 0.15) is 17.5 Å². The molecule has 0 spiro atoms. The maximum absolute atomic E-state index is 14.2. The van der Waals surface area contributed by atoms with E-state index in [9.17, 15) is 34.2 Å². The fraction of sp³-hybridized carbons (Fsp3) is 0.621. The van der Waals surface area contributed by atoms with E-state index in [-0.39, 0.29) is 30.1 Å². The van der Waals surface area contributed by atoms with Crippen molar-refractivity contribution in [1.29, 1.82) is 0 Å². The number of carbonyl (C=O) groups is 5. The fourth-order valence-corrected chi connectivity index (χ4v) is 7.73. The fourth-order valence-electron chi connectivity index (χ4n) is 7.73. The number of fused-ring (bicyclic) bond motifs is 3. The molecule has 194 valence electrons. The van der Waals surface area contributed by atoms with Crippen molar-refractivity contribution in [2.45, 2.75) is 79.2 Å². The quantitative estimate of drug-likeness (QED) is 0.601. The summed E-state index contributed by atoms with van der Waals surface area (Å²) < 4.78 is 0. The third-order valence-electron chi connectivity index (χ3n) is 9.06. The lowest BCUT2D eigenvalue weighted by atomic mass is 9.40. The Bertz CT molecular complexity index is 1230. The number of phenolic OH excluding ortho intramolecular Hbond substituents is 1. The minimum absolute atomic E-state index is 0.0494. The molecule has 2 N–H and O–H groups in total. The summed E-state index contributed by atoms with van der Waals surface area (Å²) in [6.07, 6.45) is 0.322. The Balaban J connectivity index is 1.97. The van der Waals surface area contributed by atoms with Crippen LogP contribution in [0.3, 0.4) is 0 Å². The van der Waals surface area contributed by atoms with Crippen molar-refractivity contribution in [2.24, 2.45) is 34.5 Å². The van der Waals surface area contributed by atoms with Gasteiger partial charge in [-0.05, 0) is 47.6 Å². The van der Waals surface area contributed by atoms with E-state index in [2.05, 4.69) is 0 Å². The standard InChI is InChI=1S/C29H36O7/c1-13(2)19-22(32)17(14(3)30)24(34)29(36)25(35)20-23(33)18-15(11-27(20,7)12-28(19,29)8)9-10-16(21(18)31)26(4,5)6/h9-10,13,17,19-20,31,36H,11-12H2,1-8H3/t17?,19?,20?,27-,28-,29+/m1/s1. The normalized spacial score (nSPS) is 36.4. The molecule has 7 nitrogen and oxygen atoms in total. The number of phenols is 1. The van der Waals surface area contributed by atoms with Crippen LogP contribution in [0.1, 0.15) is 83.3 Å². The van der Waals surface area contributed by atoms with E-state index in [1.165, 1.54) is 0 Å². The third-order valence-corrected chi connectivity index (χ3v) is 9.06. The van der Waals surface area contributed by atoms with E-state index >= 15 is 0 Å². The Kier molecular flexibility index (Phi) is 5.62. The first-order valence-corrected chi connectivity index (χ1v) is 12.6. The summed E-state index contributed by atoms with van der Waals surface area (Å²) >= 11 is 0. The van der Waals surface area contributed by atoms with Crippen LogP contribution in [0.15, 0.2) is 12.1 Å². The van der Waals surface area contributed by atoms with Gasteiger partial charge >= 0.3 is 0 Å². The predicted molar refractivity (Wildman–Crippen MR) is 132 cm³/mol. The van der Waals surface area contributed by atoms with Crippen LogP contribution in [0, 0.1) is 34.5 Å². The van der Waals surface area contributed by atoms with Gasteiger partial charge in [0.05, 0.1) is 11.5 Å². The van der Waals surface area contributed by atoms with Crippen LogP contribution in [-0.2, 0) is 31.0 Å². The molecule has 1 aromatic carbocycles. The number of aromatic hydroxyl groups is 1. The molecule has 0 amide bonds. The van der Waals surface area contributed by atoms with Crippen LogP contribution >= 0.6 is 0 Å². The van der Waals surface area contributed by atoms with E-state index in [0.29, 0.717) is 11.1 Å². The maximum Gasteiger partial charge on any atom is 0.190 e. The van der Waals surface area contributed by atoms with Crippen molar-refractivity contribution in [1.82, 2.24) is 0 Å². The van der Waals surface area contributed by atoms with Crippen LogP contribution in [0.2, 0.25) is 0 Å². The second kappa shape index (κ2) is 7.67. The molecule has 0 saturated heterocycles. The van der Waals surface area contributed by atoms with Gasteiger partial charge in [-0.25, -0.2) is 0 Å². The Morgan fingerprint density at radius 3 is 2.14 bits per heavy atom. The molecule has 2 saturated carbocycles. The molecule has 36 heavy (non-hydrogen) atoms. The molecule has 3 aliphatic rings. The van der Waals surface area contributed by atoms with E-state index in [4.69, 9.17) is 0 Å². The molecule has 3 unspecified atom stereocenters. The first kappa shape index (κ1) is 26.4. The number of ketones is 5. The van der Waals surface area contributed by atoms with Gasteiger partial charge in [0.2, 0.25) is 0 Å². The number of carbonyl (C=O) groups excluding carboxylic acids is 5. The highest BCUT2D eigenvalue weighted by Gasteiger charge is 2.76. The van der Waals surface area contributed by atoms with Gasteiger partial charge in [-0.1, -0.05) is 60.6 Å². The van der Waals surface area contributed by atoms with E-state index in [0.717, 1.165) is 6.92 Å². The highest BCUT2D eigenvalue weighted by Crippen LogP contribution is 2.63. The first-order chi connectivity index (χ1) is 16.3. The number of benzene rings is 1. The molecule has 0 aromatic heterocycles. The Morgan fingerprint density at radius 1 is 1.06 bits per heavy atom. The summed E-state index contributed by atoms with van der Waals surface area (Å²) in [5.41, 5.74) is -4.41. The Hall–Kier alpha value is -2.67. The summed E-state index contributed by atoms with van der Waals surface area (Å²) in [4.78, 5) is 67.6. The molecular formula is C29H36O7. The number of Topliss-reactive ketones (excluding diaryl/α,β-unsaturated/α-hetero) is 5. The zero-order chi connectivity index (χ0) is 27.3. The molecule has 7 heteroatoms. The number of hydrogen-bond donors (Lipinski definition) is 2. The molecule has 4 rings (SSSR count). The highest BCUT2D eigenvalue weighted by atomic mass is 16.3. The SMILES string of the molecule is CC(=O)C1C(=O)C(C(C)C)[C@@]2(C)C[C@@]3(C)Cc4ccc(C(C)(C)C)c(O)c4C(=O)C3C(=O)[C@@]2(O)C1=O. The zero-order valence-electron chi connectivity index (χ0n) is 22.3. The summed E-state index contributed by atoms with van der Waals surface area (Å²) in [5, 5.41) is 23.1. The molecule has 0 aliphatic heterocycles. The number of rotatable bonds is 2. The van der Waals surface area contributed by atoms with Crippen molar-refractivity contribution in [2.75, 3.05) is 0 Å². The molecule has 2 fully saturated rings. The average molecular weight is 497 g/mol. The summed E-state index contributed by atoms with van der Waals surface area (Å²) in [5.74, 6) is -8.62. The van der Waals surface area contributed by atoms with Gasteiger partial charge in [-0.2, -0.15) is 0 Å². The van der Waals surface area contributed by atoms with Gasteiger partial charge < -0.3 is 10.2 Å². The van der Waals surface area contributed by atoms with Crippen molar-refractivity contribution in [3.63, 3.8) is 0 Å². The molecular weight excluding hydrogens is 460 g/mol. The zero-order valence-corrected chi connectivity index (χ0v) is 22.3. The molecule has 3 aliphatic carbocycles. The summed E-state index contributed by atoms with van der Waals surface area (Å²) in [6, 6.07) is 3.58. The van der Waals surface area contributed by atoms with Crippen LogP contribution < -0.4 is 0 Å². The van der Waals surface area contributed by atoms with Crippen molar-refractivity contribution in [3.05, 3.63) is 28.8 Å². The predicted octanol–water partition coefficient (Wildman–Crippen LogP) is 3.39. The van der Waals surface area contributed by atoms with Crippen molar-refractivity contribution >= 4 is 28.9 Å². The molecule has 6 atom stereocenters. The third kappa shape index (κ3) is 3.11. The smallest absolute Gasteiger partial charge is 0.190 e. The van der Waals surface area contributed by atoms with Gasteiger partial charge in [0.25, 0.3) is 0 Å². The van der Waals surface area contributed by atoms with Crippen LogP contribution in [0.4, 0.5) is 0 Å². The van der Waals surface area contributed by atoms with Gasteiger partial charge in [0.15, 0.2) is 28.7 Å². The Labute approximate surface area is 211 Å². The highest BCUT2D eigenvalue weighted by molar-refractivity contribution is 6.32. The van der Waals surface area contributed by atoms with Crippen LogP contribution in [0.25, 0.3) is 0 Å². The minimum Gasteiger partial charge on any atom is -0.507 e.